The Morgan fingerprint density at radius 3 is 2.61 bits per heavy atom. The minimum Gasteiger partial charge on any atom is -0.457 e. The first-order valence-corrected chi connectivity index (χ1v) is 7.63. The van der Waals surface area contributed by atoms with Gasteiger partial charge in [0.05, 0.1) is 0 Å². The smallest absolute Gasteiger partial charge is 0.314 e. The predicted molar refractivity (Wildman–Crippen MR) is 87.6 cm³/mol. The summed E-state index contributed by atoms with van der Waals surface area (Å²) in [5, 5.41) is 1.01. The highest BCUT2D eigenvalue weighted by molar-refractivity contribution is 5.92. The van der Waals surface area contributed by atoms with Gasteiger partial charge in [-0.15, -0.1) is 0 Å². The van der Waals surface area contributed by atoms with E-state index in [9.17, 15) is 9.59 Å². The molecule has 1 aliphatic heterocycles. The Kier molecular flexibility index (Phi) is 4.32. The van der Waals surface area contributed by atoms with Crippen LogP contribution in [0.15, 0.2) is 40.8 Å². The number of amides is 3. The average molecular weight is 313 g/mol. The van der Waals surface area contributed by atoms with E-state index in [2.05, 4.69) is 0 Å². The third-order valence-electron chi connectivity index (χ3n) is 3.95. The fourth-order valence-corrected chi connectivity index (χ4v) is 2.70. The molecule has 0 radical (unpaired) electrons. The van der Waals surface area contributed by atoms with E-state index in [-0.39, 0.29) is 5.91 Å². The topological polar surface area (TPSA) is 79.8 Å². The summed E-state index contributed by atoms with van der Waals surface area (Å²) < 4.78 is 5.65. The number of urea groups is 1. The second-order valence-corrected chi connectivity index (χ2v) is 5.52. The minimum absolute atomic E-state index is 0.0863. The van der Waals surface area contributed by atoms with Crippen molar-refractivity contribution in [2.24, 2.45) is 5.73 Å². The zero-order valence-corrected chi connectivity index (χ0v) is 12.8. The first kappa shape index (κ1) is 15.1. The molecule has 1 fully saturated rings. The van der Waals surface area contributed by atoms with E-state index in [1.807, 2.05) is 30.3 Å². The van der Waals surface area contributed by atoms with Gasteiger partial charge >= 0.3 is 6.03 Å². The average Bonchev–Trinajstić information content (AvgIpc) is 2.79. The molecule has 120 valence electrons. The van der Waals surface area contributed by atoms with Gasteiger partial charge in [0, 0.05) is 37.6 Å². The number of furan rings is 1. The maximum absolute atomic E-state index is 12.3. The summed E-state index contributed by atoms with van der Waals surface area (Å²) in [7, 11) is 0. The normalized spacial score (nSPS) is 16.0. The van der Waals surface area contributed by atoms with Crippen LogP contribution in [0.4, 0.5) is 4.79 Å². The molecular weight excluding hydrogens is 294 g/mol. The number of hydrogen-bond acceptors (Lipinski definition) is 3. The molecule has 0 aliphatic carbocycles. The number of rotatable bonds is 2. The SMILES string of the molecule is NC(=O)N1CCCN(C(=O)/C=C\c2cc3ccccc3o2)CC1. The van der Waals surface area contributed by atoms with Gasteiger partial charge < -0.3 is 20.0 Å². The van der Waals surface area contributed by atoms with Crippen molar-refractivity contribution in [1.82, 2.24) is 9.80 Å². The van der Waals surface area contributed by atoms with Crippen molar-refractivity contribution in [3.05, 3.63) is 42.2 Å². The minimum atomic E-state index is -0.433. The Bertz CT molecular complexity index is 717. The summed E-state index contributed by atoms with van der Waals surface area (Å²) in [5.41, 5.74) is 6.08. The molecular formula is C17H19N3O3. The molecule has 23 heavy (non-hydrogen) atoms. The maximum Gasteiger partial charge on any atom is 0.314 e. The van der Waals surface area contributed by atoms with E-state index in [4.69, 9.17) is 10.2 Å². The highest BCUT2D eigenvalue weighted by atomic mass is 16.3. The summed E-state index contributed by atoms with van der Waals surface area (Å²) in [4.78, 5) is 26.8. The number of nitrogens with two attached hydrogens (primary N) is 1. The third-order valence-corrected chi connectivity index (χ3v) is 3.95. The number of hydrogen-bond donors (Lipinski definition) is 1. The monoisotopic (exact) mass is 313 g/mol. The van der Waals surface area contributed by atoms with E-state index < -0.39 is 6.03 Å². The quantitative estimate of drug-likeness (QED) is 0.862. The number of para-hydroxylation sites is 1. The van der Waals surface area contributed by atoms with Crippen molar-refractivity contribution in [2.75, 3.05) is 26.2 Å². The van der Waals surface area contributed by atoms with E-state index in [1.54, 1.807) is 15.9 Å². The second-order valence-electron chi connectivity index (χ2n) is 5.52. The second kappa shape index (κ2) is 6.56. The standard InChI is InChI=1S/C17H19N3O3/c18-17(22)20-9-3-8-19(10-11-20)16(21)7-6-14-12-13-4-1-2-5-15(13)23-14/h1-2,4-7,12H,3,8-11H2,(H2,18,22)/b7-6-. The molecule has 0 saturated carbocycles. The Morgan fingerprint density at radius 1 is 1.09 bits per heavy atom. The molecule has 3 rings (SSSR count). The Morgan fingerprint density at radius 2 is 1.83 bits per heavy atom. The number of carbonyl (C=O) groups is 2. The van der Waals surface area contributed by atoms with E-state index >= 15 is 0 Å². The van der Waals surface area contributed by atoms with Crippen molar-refractivity contribution in [3.63, 3.8) is 0 Å². The molecule has 0 spiro atoms. The highest BCUT2D eigenvalue weighted by Gasteiger charge is 2.19. The summed E-state index contributed by atoms with van der Waals surface area (Å²) in [6.45, 7) is 2.17. The van der Waals surface area contributed by atoms with Crippen LogP contribution in [-0.4, -0.2) is 47.9 Å². The van der Waals surface area contributed by atoms with Crippen LogP contribution in [0.3, 0.4) is 0 Å². The van der Waals surface area contributed by atoms with E-state index in [0.29, 0.717) is 31.9 Å². The van der Waals surface area contributed by atoms with E-state index in [1.165, 1.54) is 6.08 Å². The third kappa shape index (κ3) is 3.53. The number of benzene rings is 1. The van der Waals surface area contributed by atoms with Gasteiger partial charge in [0.2, 0.25) is 5.91 Å². The largest absolute Gasteiger partial charge is 0.457 e. The number of fused-ring (bicyclic) bond motifs is 1. The Hall–Kier alpha value is -2.76. The van der Waals surface area contributed by atoms with Crippen LogP contribution < -0.4 is 5.73 Å². The fourth-order valence-electron chi connectivity index (χ4n) is 2.70. The van der Waals surface area contributed by atoms with Gasteiger partial charge in [-0.2, -0.15) is 0 Å². The van der Waals surface area contributed by atoms with Crippen molar-refractivity contribution in [2.45, 2.75) is 6.42 Å². The number of primary amides is 1. The molecule has 0 bridgehead atoms. The van der Waals surface area contributed by atoms with Gasteiger partial charge in [0.1, 0.15) is 11.3 Å². The van der Waals surface area contributed by atoms with Gasteiger partial charge in [-0.1, -0.05) is 18.2 Å². The summed E-state index contributed by atoms with van der Waals surface area (Å²) in [6, 6.07) is 9.17. The van der Waals surface area contributed by atoms with Crippen molar-refractivity contribution in [1.29, 1.82) is 0 Å². The molecule has 1 aliphatic rings. The van der Waals surface area contributed by atoms with Gasteiger partial charge in [-0.3, -0.25) is 4.79 Å². The van der Waals surface area contributed by atoms with E-state index in [0.717, 1.165) is 17.4 Å². The van der Waals surface area contributed by atoms with Crippen LogP contribution in [0.2, 0.25) is 0 Å². The molecule has 6 heteroatoms. The lowest BCUT2D eigenvalue weighted by atomic mass is 10.2. The van der Waals surface area contributed by atoms with Crippen molar-refractivity contribution >= 4 is 29.0 Å². The molecule has 1 aromatic carbocycles. The highest BCUT2D eigenvalue weighted by Crippen LogP contribution is 2.19. The maximum atomic E-state index is 12.3. The summed E-state index contributed by atoms with van der Waals surface area (Å²) in [5.74, 6) is 0.560. The molecule has 0 atom stereocenters. The van der Waals surface area contributed by atoms with Gasteiger partial charge in [-0.05, 0) is 24.6 Å². The number of nitrogens with zero attached hydrogens (tertiary/aromatic N) is 2. The molecule has 2 N–H and O–H groups in total. The lowest BCUT2D eigenvalue weighted by Gasteiger charge is -2.19. The van der Waals surface area contributed by atoms with Crippen LogP contribution in [0, 0.1) is 0 Å². The summed E-state index contributed by atoms with van der Waals surface area (Å²) >= 11 is 0. The van der Waals surface area contributed by atoms with Crippen LogP contribution in [0.25, 0.3) is 17.0 Å². The molecule has 6 nitrogen and oxygen atoms in total. The first-order valence-electron chi connectivity index (χ1n) is 7.63. The van der Waals surface area contributed by atoms with Crippen LogP contribution in [-0.2, 0) is 4.79 Å². The number of carbonyl (C=O) groups excluding carboxylic acids is 2. The van der Waals surface area contributed by atoms with Crippen LogP contribution in [0.1, 0.15) is 12.2 Å². The zero-order chi connectivity index (χ0) is 16.2. The summed E-state index contributed by atoms with van der Waals surface area (Å²) in [6.07, 6.45) is 3.92. The van der Waals surface area contributed by atoms with Gasteiger partial charge in [0.15, 0.2) is 0 Å². The molecule has 0 unspecified atom stereocenters. The molecule has 2 aromatic rings. The lowest BCUT2D eigenvalue weighted by molar-refractivity contribution is -0.125. The molecule has 1 saturated heterocycles. The fraction of sp³-hybridized carbons (Fsp3) is 0.294. The Balaban J connectivity index is 1.65. The van der Waals surface area contributed by atoms with Crippen molar-refractivity contribution in [3.8, 4) is 0 Å². The molecule has 1 aromatic heterocycles. The van der Waals surface area contributed by atoms with Crippen molar-refractivity contribution < 1.29 is 14.0 Å². The Labute approximate surface area is 134 Å². The molecule has 3 amide bonds. The van der Waals surface area contributed by atoms with Crippen LogP contribution >= 0.6 is 0 Å². The predicted octanol–water partition coefficient (Wildman–Crippen LogP) is 2.06. The van der Waals surface area contributed by atoms with Gasteiger partial charge in [-0.25, -0.2) is 4.79 Å². The molecule has 2 heterocycles. The zero-order valence-electron chi connectivity index (χ0n) is 12.8. The first-order chi connectivity index (χ1) is 11.1. The van der Waals surface area contributed by atoms with Gasteiger partial charge in [0.25, 0.3) is 0 Å². The lowest BCUT2D eigenvalue weighted by Crippen LogP contribution is -2.39. The van der Waals surface area contributed by atoms with Crippen LogP contribution in [0.5, 0.6) is 0 Å².